The van der Waals surface area contributed by atoms with Crippen LogP contribution in [-0.4, -0.2) is 23.2 Å². The average Bonchev–Trinajstić information content (AvgIpc) is 2.49. The molecule has 2 rings (SSSR count). The first-order chi connectivity index (χ1) is 10.1. The van der Waals surface area contributed by atoms with Crippen LogP contribution in [0.1, 0.15) is 12.0 Å². The number of carbonyl (C=O) groups is 1. The van der Waals surface area contributed by atoms with Gasteiger partial charge in [0, 0.05) is 6.42 Å². The van der Waals surface area contributed by atoms with Crippen LogP contribution in [0.3, 0.4) is 0 Å². The van der Waals surface area contributed by atoms with E-state index >= 15 is 0 Å². The molecule has 0 saturated carbocycles. The number of hydrogen-bond donors (Lipinski definition) is 3. The number of benzene rings is 2. The van der Waals surface area contributed by atoms with E-state index in [1.165, 1.54) is 18.2 Å². The maximum absolute atomic E-state index is 11.9. The molecule has 0 saturated heterocycles. The molecule has 21 heavy (non-hydrogen) atoms. The van der Waals surface area contributed by atoms with Crippen molar-refractivity contribution in [1.82, 2.24) is 0 Å². The summed E-state index contributed by atoms with van der Waals surface area (Å²) in [6.07, 6.45) is 0.810. The molecule has 0 radical (unpaired) electrons. The molecule has 0 aliphatic rings. The molecule has 0 spiro atoms. The zero-order valence-electron chi connectivity index (χ0n) is 11.7. The lowest BCUT2D eigenvalue weighted by Crippen LogP contribution is -2.12. The van der Waals surface area contributed by atoms with Crippen LogP contribution in [0.2, 0.25) is 0 Å². The smallest absolute Gasteiger partial charge is 0.224 e. The molecule has 0 aliphatic heterocycles. The van der Waals surface area contributed by atoms with E-state index in [0.29, 0.717) is 6.42 Å². The minimum Gasteiger partial charge on any atom is -0.506 e. The Balaban J connectivity index is 1.92. The van der Waals surface area contributed by atoms with Crippen LogP contribution in [0.5, 0.6) is 17.2 Å². The molecule has 2 aromatic rings. The molecule has 2 aromatic carbocycles. The highest BCUT2D eigenvalue weighted by Gasteiger charge is 2.10. The summed E-state index contributed by atoms with van der Waals surface area (Å²) in [5, 5.41) is 21.7. The number of aryl methyl sites for hydroxylation is 1. The molecule has 110 valence electrons. The second-order valence-corrected chi connectivity index (χ2v) is 4.57. The van der Waals surface area contributed by atoms with E-state index in [2.05, 4.69) is 5.32 Å². The van der Waals surface area contributed by atoms with Gasteiger partial charge < -0.3 is 20.3 Å². The van der Waals surface area contributed by atoms with Gasteiger partial charge in [-0.1, -0.05) is 18.2 Å². The van der Waals surface area contributed by atoms with Crippen molar-refractivity contribution in [3.63, 3.8) is 0 Å². The largest absolute Gasteiger partial charge is 0.506 e. The van der Waals surface area contributed by atoms with E-state index in [-0.39, 0.29) is 29.5 Å². The Morgan fingerprint density at radius 3 is 2.29 bits per heavy atom. The highest BCUT2D eigenvalue weighted by atomic mass is 16.5. The number of ether oxygens (including phenoxy) is 1. The third-order valence-electron chi connectivity index (χ3n) is 3.08. The van der Waals surface area contributed by atoms with Gasteiger partial charge in [-0.3, -0.25) is 4.79 Å². The van der Waals surface area contributed by atoms with E-state index in [1.807, 2.05) is 24.3 Å². The minimum absolute atomic E-state index is 0.0391. The van der Waals surface area contributed by atoms with Crippen molar-refractivity contribution < 1.29 is 19.7 Å². The summed E-state index contributed by atoms with van der Waals surface area (Å²) in [5.74, 6) is 0.172. The number of nitrogens with one attached hydrogen (secondary N) is 1. The van der Waals surface area contributed by atoms with E-state index in [9.17, 15) is 15.0 Å². The molecule has 0 fully saturated rings. The molecular weight excluding hydrogens is 270 g/mol. The summed E-state index contributed by atoms with van der Waals surface area (Å²) in [4.78, 5) is 11.9. The number of para-hydroxylation sites is 1. The topological polar surface area (TPSA) is 78.8 Å². The fraction of sp³-hybridized carbons (Fsp3) is 0.188. The predicted molar refractivity (Wildman–Crippen MR) is 79.7 cm³/mol. The third kappa shape index (κ3) is 3.89. The first kappa shape index (κ1) is 14.7. The Morgan fingerprint density at radius 1 is 1.10 bits per heavy atom. The van der Waals surface area contributed by atoms with Crippen molar-refractivity contribution in [3.8, 4) is 17.2 Å². The molecule has 0 aliphatic carbocycles. The summed E-state index contributed by atoms with van der Waals surface area (Å²) in [6.45, 7) is 0. The molecule has 0 aromatic heterocycles. The lowest BCUT2D eigenvalue weighted by molar-refractivity contribution is -0.116. The third-order valence-corrected chi connectivity index (χ3v) is 3.08. The number of rotatable bonds is 5. The van der Waals surface area contributed by atoms with Crippen LogP contribution >= 0.6 is 0 Å². The van der Waals surface area contributed by atoms with Crippen LogP contribution in [0.4, 0.5) is 5.69 Å². The van der Waals surface area contributed by atoms with Crippen LogP contribution in [0.15, 0.2) is 42.5 Å². The number of phenols is 2. The Kier molecular flexibility index (Phi) is 4.66. The van der Waals surface area contributed by atoms with Crippen molar-refractivity contribution >= 4 is 11.6 Å². The molecule has 1 amide bonds. The monoisotopic (exact) mass is 287 g/mol. The van der Waals surface area contributed by atoms with Crippen molar-refractivity contribution in [2.45, 2.75) is 12.8 Å². The Hall–Kier alpha value is -2.69. The molecule has 5 nitrogen and oxygen atoms in total. The minimum atomic E-state index is -0.275. The standard InChI is InChI=1S/C16H17NO4/c1-21-12-8-5-11(6-9-12)7-10-15(20)17-16-13(18)3-2-4-14(16)19/h2-6,8-9,18-19H,7,10H2,1H3,(H,17,20). The molecule has 3 N–H and O–H groups in total. The maximum Gasteiger partial charge on any atom is 0.224 e. The number of aromatic hydroxyl groups is 2. The number of amides is 1. The molecule has 5 heteroatoms. The van der Waals surface area contributed by atoms with Crippen LogP contribution < -0.4 is 10.1 Å². The van der Waals surface area contributed by atoms with Gasteiger partial charge in [-0.2, -0.15) is 0 Å². The number of phenolic OH excluding ortho intramolecular Hbond substituents is 2. The summed E-state index contributed by atoms with van der Waals surface area (Å²) < 4.78 is 5.07. The summed E-state index contributed by atoms with van der Waals surface area (Å²) in [6, 6.07) is 11.8. The number of carbonyl (C=O) groups excluding carboxylic acids is 1. The van der Waals surface area contributed by atoms with Crippen LogP contribution in [0.25, 0.3) is 0 Å². The highest BCUT2D eigenvalue weighted by Crippen LogP contribution is 2.32. The van der Waals surface area contributed by atoms with E-state index < -0.39 is 0 Å². The normalized spacial score (nSPS) is 10.1. The van der Waals surface area contributed by atoms with Crippen molar-refractivity contribution in [3.05, 3.63) is 48.0 Å². The zero-order chi connectivity index (χ0) is 15.2. The van der Waals surface area contributed by atoms with Gasteiger partial charge >= 0.3 is 0 Å². The summed E-state index contributed by atoms with van der Waals surface area (Å²) in [7, 11) is 1.60. The number of methoxy groups -OCH3 is 1. The number of anilines is 1. The highest BCUT2D eigenvalue weighted by molar-refractivity contribution is 5.94. The summed E-state index contributed by atoms with van der Waals surface area (Å²) >= 11 is 0. The van der Waals surface area contributed by atoms with Crippen LogP contribution in [-0.2, 0) is 11.2 Å². The van der Waals surface area contributed by atoms with Gasteiger partial charge in [0.2, 0.25) is 5.91 Å². The quantitative estimate of drug-likeness (QED) is 0.739. The molecular formula is C16H17NO4. The first-order valence-electron chi connectivity index (χ1n) is 6.54. The lowest BCUT2D eigenvalue weighted by atomic mass is 10.1. The van der Waals surface area contributed by atoms with Gasteiger partial charge in [-0.05, 0) is 36.2 Å². The predicted octanol–water partition coefficient (Wildman–Crippen LogP) is 2.68. The Morgan fingerprint density at radius 2 is 1.71 bits per heavy atom. The second kappa shape index (κ2) is 6.65. The summed E-state index contributed by atoms with van der Waals surface area (Å²) in [5.41, 5.74) is 1.05. The number of hydrogen-bond acceptors (Lipinski definition) is 4. The van der Waals surface area contributed by atoms with Gasteiger partial charge in [-0.25, -0.2) is 0 Å². The first-order valence-corrected chi connectivity index (χ1v) is 6.54. The Labute approximate surface area is 122 Å². The molecule has 0 unspecified atom stereocenters. The van der Waals surface area contributed by atoms with Gasteiger partial charge in [0.05, 0.1) is 7.11 Å². The SMILES string of the molecule is COc1ccc(CCC(=O)Nc2c(O)cccc2O)cc1. The fourth-order valence-electron chi connectivity index (χ4n) is 1.91. The van der Waals surface area contributed by atoms with Gasteiger partial charge in [0.15, 0.2) is 0 Å². The van der Waals surface area contributed by atoms with E-state index in [4.69, 9.17) is 4.74 Å². The fourth-order valence-corrected chi connectivity index (χ4v) is 1.91. The average molecular weight is 287 g/mol. The molecule has 0 heterocycles. The van der Waals surface area contributed by atoms with Gasteiger partial charge in [0.1, 0.15) is 22.9 Å². The van der Waals surface area contributed by atoms with E-state index in [1.54, 1.807) is 7.11 Å². The zero-order valence-corrected chi connectivity index (χ0v) is 11.7. The second-order valence-electron chi connectivity index (χ2n) is 4.57. The van der Waals surface area contributed by atoms with Gasteiger partial charge in [-0.15, -0.1) is 0 Å². The molecule has 0 atom stereocenters. The van der Waals surface area contributed by atoms with Crippen molar-refractivity contribution in [2.24, 2.45) is 0 Å². The van der Waals surface area contributed by atoms with Crippen LogP contribution in [0, 0.1) is 0 Å². The Bertz CT molecular complexity index is 602. The van der Waals surface area contributed by atoms with E-state index in [0.717, 1.165) is 11.3 Å². The van der Waals surface area contributed by atoms with Crippen molar-refractivity contribution in [2.75, 3.05) is 12.4 Å². The molecule has 0 bridgehead atoms. The van der Waals surface area contributed by atoms with Gasteiger partial charge in [0.25, 0.3) is 0 Å². The van der Waals surface area contributed by atoms with Crippen molar-refractivity contribution in [1.29, 1.82) is 0 Å². The maximum atomic E-state index is 11.9. The lowest BCUT2D eigenvalue weighted by Gasteiger charge is -2.09.